The molecule has 0 unspecified atom stereocenters. The van der Waals surface area contributed by atoms with Crippen molar-refractivity contribution in [3.8, 4) is 0 Å². The van der Waals surface area contributed by atoms with Gasteiger partial charge in [0.2, 0.25) is 5.43 Å². The number of hydrogen-bond donors (Lipinski definition) is 3. The van der Waals surface area contributed by atoms with E-state index in [1.165, 1.54) is 0 Å². The SMILES string of the molecule is NCc1c(F)cc2c(=O)c(C(=O)O)cn(N)c2c1F. The summed E-state index contributed by atoms with van der Waals surface area (Å²) >= 11 is 0. The van der Waals surface area contributed by atoms with Crippen LogP contribution in [0.4, 0.5) is 8.78 Å². The Balaban J connectivity index is 3.04. The average Bonchev–Trinajstić information content (AvgIpc) is 2.33. The molecule has 1 aromatic carbocycles. The molecule has 0 spiro atoms. The first-order valence-electron chi connectivity index (χ1n) is 5.13. The van der Waals surface area contributed by atoms with Crippen LogP contribution in [0.1, 0.15) is 15.9 Å². The minimum Gasteiger partial charge on any atom is -0.477 e. The summed E-state index contributed by atoms with van der Waals surface area (Å²) in [6, 6.07) is 0.735. The van der Waals surface area contributed by atoms with Gasteiger partial charge in [-0.05, 0) is 6.07 Å². The monoisotopic (exact) mass is 269 g/mol. The molecule has 0 aliphatic carbocycles. The fourth-order valence-electron chi connectivity index (χ4n) is 1.82. The minimum absolute atomic E-state index is 0.392. The number of nitrogens with zero attached hydrogens (tertiary/aromatic N) is 1. The van der Waals surface area contributed by atoms with Crippen molar-refractivity contribution in [2.75, 3.05) is 5.84 Å². The minimum atomic E-state index is -1.53. The van der Waals surface area contributed by atoms with E-state index in [4.69, 9.17) is 16.7 Å². The van der Waals surface area contributed by atoms with Crippen LogP contribution in [-0.2, 0) is 6.54 Å². The molecule has 0 aliphatic rings. The Hall–Kier alpha value is -2.48. The number of carboxylic acids is 1. The van der Waals surface area contributed by atoms with E-state index in [1.807, 2.05) is 0 Å². The Morgan fingerprint density at radius 1 is 1.42 bits per heavy atom. The highest BCUT2D eigenvalue weighted by molar-refractivity contribution is 5.93. The number of halogens is 2. The van der Waals surface area contributed by atoms with Crippen molar-refractivity contribution in [2.24, 2.45) is 5.73 Å². The first kappa shape index (κ1) is 13.0. The lowest BCUT2D eigenvalue weighted by Crippen LogP contribution is -2.24. The van der Waals surface area contributed by atoms with E-state index >= 15 is 0 Å². The van der Waals surface area contributed by atoms with E-state index in [2.05, 4.69) is 0 Å². The number of rotatable bonds is 2. The van der Waals surface area contributed by atoms with Gasteiger partial charge in [-0.15, -0.1) is 0 Å². The number of nitrogen functional groups attached to an aromatic ring is 1. The summed E-state index contributed by atoms with van der Waals surface area (Å²) in [5, 5.41) is 8.36. The molecule has 6 nitrogen and oxygen atoms in total. The third-order valence-electron chi connectivity index (χ3n) is 2.74. The Morgan fingerprint density at radius 3 is 2.58 bits per heavy atom. The molecule has 1 heterocycles. The molecule has 19 heavy (non-hydrogen) atoms. The largest absolute Gasteiger partial charge is 0.477 e. The quantitative estimate of drug-likeness (QED) is 0.672. The number of carboxylic acid groups (broad SMARTS) is 1. The topological polar surface area (TPSA) is 111 Å². The third kappa shape index (κ3) is 1.82. The number of benzene rings is 1. The number of fused-ring (bicyclic) bond motifs is 1. The number of pyridine rings is 1. The number of aromatic nitrogens is 1. The van der Waals surface area contributed by atoms with Gasteiger partial charge in [0.1, 0.15) is 16.9 Å². The van der Waals surface area contributed by atoms with Crippen LogP contribution in [0.25, 0.3) is 10.9 Å². The van der Waals surface area contributed by atoms with E-state index in [1.54, 1.807) is 0 Å². The molecule has 0 fully saturated rings. The molecular weight excluding hydrogens is 260 g/mol. The van der Waals surface area contributed by atoms with Gasteiger partial charge in [0.05, 0.1) is 5.39 Å². The molecule has 0 bridgehead atoms. The lowest BCUT2D eigenvalue weighted by molar-refractivity contribution is 0.0695. The average molecular weight is 269 g/mol. The lowest BCUT2D eigenvalue weighted by atomic mass is 10.1. The van der Waals surface area contributed by atoms with Crippen molar-refractivity contribution < 1.29 is 18.7 Å². The van der Waals surface area contributed by atoms with Crippen molar-refractivity contribution in [1.82, 2.24) is 4.68 Å². The molecule has 100 valence electrons. The van der Waals surface area contributed by atoms with Gasteiger partial charge in [-0.25, -0.2) is 13.6 Å². The van der Waals surface area contributed by atoms with Crippen LogP contribution < -0.4 is 17.0 Å². The zero-order valence-electron chi connectivity index (χ0n) is 9.48. The Kier molecular flexibility index (Phi) is 2.95. The van der Waals surface area contributed by atoms with Crippen LogP contribution in [0.2, 0.25) is 0 Å². The highest BCUT2D eigenvalue weighted by atomic mass is 19.1. The zero-order chi connectivity index (χ0) is 14.3. The Bertz CT molecular complexity index is 755. The van der Waals surface area contributed by atoms with E-state index in [9.17, 15) is 18.4 Å². The summed E-state index contributed by atoms with van der Waals surface area (Å²) < 4.78 is 28.2. The van der Waals surface area contributed by atoms with Crippen molar-refractivity contribution in [3.63, 3.8) is 0 Å². The van der Waals surface area contributed by atoms with Crippen LogP contribution in [0.5, 0.6) is 0 Å². The van der Waals surface area contributed by atoms with Gasteiger partial charge < -0.3 is 16.7 Å². The molecule has 0 amide bonds. The van der Waals surface area contributed by atoms with E-state index in [0.29, 0.717) is 4.68 Å². The predicted octanol–water partition coefficient (Wildman–Crippen LogP) is 0.150. The van der Waals surface area contributed by atoms with Crippen LogP contribution in [0, 0.1) is 11.6 Å². The van der Waals surface area contributed by atoms with Gasteiger partial charge in [-0.3, -0.25) is 9.47 Å². The second-order valence-electron chi connectivity index (χ2n) is 3.84. The summed E-state index contributed by atoms with van der Waals surface area (Å²) in [5.41, 5.74) is 2.71. The highest BCUT2D eigenvalue weighted by Gasteiger charge is 2.20. The molecular formula is C11H9F2N3O3. The summed E-state index contributed by atoms with van der Waals surface area (Å²) in [5.74, 6) is 1.82. The van der Waals surface area contributed by atoms with Crippen LogP contribution in [-0.4, -0.2) is 15.8 Å². The summed E-state index contributed by atoms with van der Waals surface area (Å²) in [4.78, 5) is 22.6. The lowest BCUT2D eigenvalue weighted by Gasteiger charge is -2.11. The first-order chi connectivity index (χ1) is 8.88. The molecule has 0 saturated heterocycles. The van der Waals surface area contributed by atoms with Gasteiger partial charge >= 0.3 is 5.97 Å². The molecule has 2 rings (SSSR count). The number of carbonyl (C=O) groups is 1. The number of hydrogen-bond acceptors (Lipinski definition) is 4. The van der Waals surface area contributed by atoms with Crippen LogP contribution in [0.3, 0.4) is 0 Å². The molecule has 2 aromatic rings. The maximum absolute atomic E-state index is 14.0. The van der Waals surface area contributed by atoms with Gasteiger partial charge in [0.25, 0.3) is 0 Å². The van der Waals surface area contributed by atoms with Crippen molar-refractivity contribution in [1.29, 1.82) is 0 Å². The normalized spacial score (nSPS) is 10.9. The molecule has 0 atom stereocenters. The maximum Gasteiger partial charge on any atom is 0.341 e. The molecule has 0 saturated carbocycles. The molecule has 0 radical (unpaired) electrons. The fraction of sp³-hybridized carbons (Fsp3) is 0.0909. The van der Waals surface area contributed by atoms with Gasteiger partial charge in [0.15, 0.2) is 5.82 Å². The summed E-state index contributed by atoms with van der Waals surface area (Å²) in [6.07, 6.45) is 0.772. The number of nitrogens with two attached hydrogens (primary N) is 2. The van der Waals surface area contributed by atoms with Crippen LogP contribution in [0.15, 0.2) is 17.1 Å². The van der Waals surface area contributed by atoms with Crippen LogP contribution >= 0.6 is 0 Å². The predicted molar refractivity (Wildman–Crippen MR) is 63.1 cm³/mol. The molecule has 0 aliphatic heterocycles. The summed E-state index contributed by atoms with van der Waals surface area (Å²) in [6.45, 7) is -0.414. The van der Waals surface area contributed by atoms with E-state index < -0.39 is 51.6 Å². The molecule has 1 aromatic heterocycles. The van der Waals surface area contributed by atoms with E-state index in [-0.39, 0.29) is 0 Å². The molecule has 5 N–H and O–H groups in total. The first-order valence-corrected chi connectivity index (χ1v) is 5.13. The zero-order valence-corrected chi connectivity index (χ0v) is 9.48. The number of aromatic carboxylic acids is 1. The Morgan fingerprint density at radius 2 is 2.05 bits per heavy atom. The second kappa shape index (κ2) is 4.32. The van der Waals surface area contributed by atoms with Gasteiger partial charge in [0, 0.05) is 18.3 Å². The Labute approximate surface area is 104 Å². The van der Waals surface area contributed by atoms with Crippen molar-refractivity contribution >= 4 is 16.9 Å². The fourth-order valence-corrected chi connectivity index (χ4v) is 1.82. The second-order valence-corrected chi connectivity index (χ2v) is 3.84. The maximum atomic E-state index is 14.0. The summed E-state index contributed by atoms with van der Waals surface area (Å²) in [7, 11) is 0. The van der Waals surface area contributed by atoms with Crippen molar-refractivity contribution in [3.05, 3.63) is 45.2 Å². The van der Waals surface area contributed by atoms with Gasteiger partial charge in [-0.2, -0.15) is 0 Å². The smallest absolute Gasteiger partial charge is 0.341 e. The van der Waals surface area contributed by atoms with E-state index in [0.717, 1.165) is 12.3 Å². The van der Waals surface area contributed by atoms with Gasteiger partial charge in [-0.1, -0.05) is 0 Å². The third-order valence-corrected chi connectivity index (χ3v) is 2.74. The standard InChI is InChI=1S/C11H9F2N3O3/c12-7-1-4-9(8(13)5(7)2-14)16(15)3-6(10(4)17)11(18)19/h1,3H,2,14-15H2,(H,18,19). The highest BCUT2D eigenvalue weighted by Crippen LogP contribution is 2.21. The van der Waals surface area contributed by atoms with Crippen molar-refractivity contribution in [2.45, 2.75) is 6.54 Å². The molecule has 8 heteroatoms.